The lowest BCUT2D eigenvalue weighted by atomic mass is 10.1. The van der Waals surface area contributed by atoms with Gasteiger partial charge in [-0.25, -0.2) is 0 Å². The SMILES string of the molecule is Cc1c(Br)ccc(C(F)(F)F)c1N. The van der Waals surface area contributed by atoms with Crippen LogP contribution in [0.2, 0.25) is 0 Å². The maximum Gasteiger partial charge on any atom is 0.418 e. The Kier molecular flexibility index (Phi) is 2.56. The van der Waals surface area contributed by atoms with E-state index in [9.17, 15) is 13.2 Å². The molecule has 0 saturated heterocycles. The van der Waals surface area contributed by atoms with Crippen molar-refractivity contribution in [1.82, 2.24) is 0 Å². The summed E-state index contributed by atoms with van der Waals surface area (Å²) in [5, 5.41) is 0. The zero-order chi connectivity index (χ0) is 10.2. The Balaban J connectivity index is 3.35. The molecule has 1 nitrogen and oxygen atoms in total. The number of nitrogens with two attached hydrogens (primary N) is 1. The quantitative estimate of drug-likeness (QED) is 0.706. The van der Waals surface area contributed by atoms with Gasteiger partial charge in [0.1, 0.15) is 0 Å². The van der Waals surface area contributed by atoms with E-state index in [-0.39, 0.29) is 5.69 Å². The lowest BCUT2D eigenvalue weighted by Crippen LogP contribution is -2.10. The maximum atomic E-state index is 12.3. The van der Waals surface area contributed by atoms with Crippen LogP contribution in [0, 0.1) is 6.92 Å². The Morgan fingerprint density at radius 2 is 1.85 bits per heavy atom. The predicted octanol–water partition coefficient (Wildman–Crippen LogP) is 3.36. The second-order valence-electron chi connectivity index (χ2n) is 2.63. The molecule has 1 rings (SSSR count). The van der Waals surface area contributed by atoms with Gasteiger partial charge >= 0.3 is 6.18 Å². The second-order valence-corrected chi connectivity index (χ2v) is 3.49. The van der Waals surface area contributed by atoms with Crippen molar-refractivity contribution in [3.63, 3.8) is 0 Å². The zero-order valence-corrected chi connectivity index (χ0v) is 8.33. The fraction of sp³-hybridized carbons (Fsp3) is 0.250. The average molecular weight is 254 g/mol. The molecule has 13 heavy (non-hydrogen) atoms. The molecule has 0 aliphatic rings. The molecule has 0 spiro atoms. The molecule has 0 atom stereocenters. The number of halogens is 4. The van der Waals surface area contributed by atoms with Gasteiger partial charge < -0.3 is 5.73 Å². The van der Waals surface area contributed by atoms with Crippen molar-refractivity contribution in [1.29, 1.82) is 0 Å². The number of nitrogen functional groups attached to an aromatic ring is 1. The van der Waals surface area contributed by atoms with Crippen molar-refractivity contribution in [3.8, 4) is 0 Å². The third-order valence-corrected chi connectivity index (χ3v) is 2.61. The van der Waals surface area contributed by atoms with Crippen LogP contribution in [0.15, 0.2) is 16.6 Å². The summed E-state index contributed by atoms with van der Waals surface area (Å²) >= 11 is 3.10. The summed E-state index contributed by atoms with van der Waals surface area (Å²) < 4.78 is 37.4. The average Bonchev–Trinajstić information content (AvgIpc) is 1.98. The van der Waals surface area contributed by atoms with Crippen LogP contribution in [0.5, 0.6) is 0 Å². The van der Waals surface area contributed by atoms with Crippen molar-refractivity contribution in [2.24, 2.45) is 0 Å². The molecule has 1 aromatic carbocycles. The Hall–Kier alpha value is -0.710. The summed E-state index contributed by atoms with van der Waals surface area (Å²) in [4.78, 5) is 0. The Bertz CT molecular complexity index is 333. The predicted molar refractivity (Wildman–Crippen MR) is 48.3 cm³/mol. The molecule has 72 valence electrons. The molecule has 0 bridgehead atoms. The highest BCUT2D eigenvalue weighted by molar-refractivity contribution is 9.10. The highest BCUT2D eigenvalue weighted by atomic mass is 79.9. The van der Waals surface area contributed by atoms with Gasteiger partial charge in [-0.3, -0.25) is 0 Å². The van der Waals surface area contributed by atoms with E-state index in [0.717, 1.165) is 6.07 Å². The molecule has 0 saturated carbocycles. The Morgan fingerprint density at radius 3 is 2.31 bits per heavy atom. The highest BCUT2D eigenvalue weighted by Crippen LogP contribution is 2.36. The summed E-state index contributed by atoms with van der Waals surface area (Å²) in [6.07, 6.45) is -4.38. The molecule has 1 aromatic rings. The highest BCUT2D eigenvalue weighted by Gasteiger charge is 2.33. The number of hydrogen-bond acceptors (Lipinski definition) is 1. The molecule has 0 aliphatic carbocycles. The van der Waals surface area contributed by atoms with Crippen LogP contribution in [0.25, 0.3) is 0 Å². The molecule has 0 heterocycles. The van der Waals surface area contributed by atoms with E-state index >= 15 is 0 Å². The first kappa shape index (κ1) is 10.4. The molecule has 0 aliphatic heterocycles. The summed E-state index contributed by atoms with van der Waals surface area (Å²) in [5.41, 5.74) is 4.73. The van der Waals surface area contributed by atoms with Crippen LogP contribution >= 0.6 is 15.9 Å². The fourth-order valence-corrected chi connectivity index (χ4v) is 1.29. The summed E-state index contributed by atoms with van der Waals surface area (Å²) in [6.45, 7) is 1.54. The molecular formula is C8H7BrF3N. The maximum absolute atomic E-state index is 12.3. The van der Waals surface area contributed by atoms with E-state index in [1.807, 2.05) is 0 Å². The van der Waals surface area contributed by atoms with Gasteiger partial charge in [-0.2, -0.15) is 13.2 Å². The van der Waals surface area contributed by atoms with Crippen molar-refractivity contribution in [2.45, 2.75) is 13.1 Å². The molecule has 0 unspecified atom stereocenters. The lowest BCUT2D eigenvalue weighted by Gasteiger charge is -2.12. The number of benzene rings is 1. The van der Waals surface area contributed by atoms with E-state index in [1.54, 1.807) is 0 Å². The van der Waals surface area contributed by atoms with Crippen molar-refractivity contribution >= 4 is 21.6 Å². The van der Waals surface area contributed by atoms with Crippen molar-refractivity contribution in [2.75, 3.05) is 5.73 Å². The third-order valence-electron chi connectivity index (χ3n) is 1.75. The van der Waals surface area contributed by atoms with E-state index in [1.165, 1.54) is 13.0 Å². The third kappa shape index (κ3) is 1.96. The molecule has 0 fully saturated rings. The van der Waals surface area contributed by atoms with Crippen LogP contribution in [0.1, 0.15) is 11.1 Å². The standard InChI is InChI=1S/C8H7BrF3N/c1-4-6(9)3-2-5(7(4)13)8(10,11)12/h2-3H,13H2,1H3. The summed E-state index contributed by atoms with van der Waals surface area (Å²) in [5.74, 6) is 0. The minimum absolute atomic E-state index is 0.220. The molecule has 0 aromatic heterocycles. The lowest BCUT2D eigenvalue weighted by molar-refractivity contribution is -0.136. The largest absolute Gasteiger partial charge is 0.418 e. The van der Waals surface area contributed by atoms with E-state index in [0.29, 0.717) is 10.0 Å². The Labute approximate surface area is 81.9 Å². The monoisotopic (exact) mass is 253 g/mol. The normalized spacial score (nSPS) is 11.8. The van der Waals surface area contributed by atoms with Crippen LogP contribution in [-0.4, -0.2) is 0 Å². The van der Waals surface area contributed by atoms with E-state index in [4.69, 9.17) is 5.73 Å². The molecule has 5 heteroatoms. The second kappa shape index (κ2) is 3.21. The summed E-state index contributed by atoms with van der Waals surface area (Å²) in [6, 6.07) is 2.31. The summed E-state index contributed by atoms with van der Waals surface area (Å²) in [7, 11) is 0. The minimum Gasteiger partial charge on any atom is -0.398 e. The van der Waals surface area contributed by atoms with Crippen molar-refractivity contribution < 1.29 is 13.2 Å². The van der Waals surface area contributed by atoms with E-state index < -0.39 is 11.7 Å². The van der Waals surface area contributed by atoms with Gasteiger partial charge in [-0.15, -0.1) is 0 Å². The van der Waals surface area contributed by atoms with Crippen molar-refractivity contribution in [3.05, 3.63) is 27.7 Å². The first-order chi connectivity index (χ1) is 5.84. The number of alkyl halides is 3. The van der Waals surface area contributed by atoms with Gasteiger partial charge in [0.25, 0.3) is 0 Å². The zero-order valence-electron chi connectivity index (χ0n) is 6.74. The number of rotatable bonds is 0. The molecule has 0 amide bonds. The Morgan fingerprint density at radius 1 is 1.31 bits per heavy atom. The molecule has 2 N–H and O–H groups in total. The molecular weight excluding hydrogens is 247 g/mol. The van der Waals surface area contributed by atoms with E-state index in [2.05, 4.69) is 15.9 Å². The fourth-order valence-electron chi connectivity index (χ4n) is 0.949. The van der Waals surface area contributed by atoms with Crippen LogP contribution in [0.4, 0.5) is 18.9 Å². The van der Waals surface area contributed by atoms with Gasteiger partial charge in [0, 0.05) is 10.2 Å². The number of anilines is 1. The van der Waals surface area contributed by atoms with Crippen LogP contribution in [-0.2, 0) is 6.18 Å². The number of hydrogen-bond donors (Lipinski definition) is 1. The van der Waals surface area contributed by atoms with Crippen LogP contribution < -0.4 is 5.73 Å². The van der Waals surface area contributed by atoms with Gasteiger partial charge in [0.2, 0.25) is 0 Å². The smallest absolute Gasteiger partial charge is 0.398 e. The topological polar surface area (TPSA) is 26.0 Å². The minimum atomic E-state index is -4.38. The van der Waals surface area contributed by atoms with Gasteiger partial charge in [-0.05, 0) is 24.6 Å². The first-order valence-corrected chi connectivity index (χ1v) is 4.25. The van der Waals surface area contributed by atoms with Gasteiger partial charge in [0.15, 0.2) is 0 Å². The first-order valence-electron chi connectivity index (χ1n) is 3.46. The van der Waals surface area contributed by atoms with Crippen LogP contribution in [0.3, 0.4) is 0 Å². The van der Waals surface area contributed by atoms with Gasteiger partial charge in [-0.1, -0.05) is 15.9 Å². The molecule has 0 radical (unpaired) electrons. The van der Waals surface area contributed by atoms with Gasteiger partial charge in [0.05, 0.1) is 5.56 Å².